The van der Waals surface area contributed by atoms with Crippen molar-refractivity contribution >= 4 is 41.6 Å². The summed E-state index contributed by atoms with van der Waals surface area (Å²) in [4.78, 5) is 7.41. The first-order chi connectivity index (χ1) is 13.2. The van der Waals surface area contributed by atoms with E-state index in [0.29, 0.717) is 0 Å². The summed E-state index contributed by atoms with van der Waals surface area (Å²) in [7, 11) is 0. The standard InChI is InChI=1S/C23H28N4.2ClH/c1-4-25(5-2)15-8-16-26-22(19-13-11-18(3)12-14-19)17-27-21-10-7-6-9-20(21)24-23(26)27;;/h6-7,9-14,17H,4-5,8,15-16H2,1-3H3;2*1H. The third kappa shape index (κ3) is 4.61. The summed E-state index contributed by atoms with van der Waals surface area (Å²) in [6, 6.07) is 17.2. The van der Waals surface area contributed by atoms with Crippen molar-refractivity contribution in [2.24, 2.45) is 0 Å². The highest BCUT2D eigenvalue weighted by Gasteiger charge is 2.15. The zero-order valence-electron chi connectivity index (χ0n) is 17.3. The van der Waals surface area contributed by atoms with Crippen molar-refractivity contribution in [1.29, 1.82) is 0 Å². The van der Waals surface area contributed by atoms with Crippen molar-refractivity contribution < 1.29 is 0 Å². The van der Waals surface area contributed by atoms with Crippen LogP contribution in [-0.4, -0.2) is 38.5 Å². The Morgan fingerprint density at radius 1 is 0.931 bits per heavy atom. The van der Waals surface area contributed by atoms with Crippen LogP contribution in [0.2, 0.25) is 0 Å². The minimum absolute atomic E-state index is 0. The van der Waals surface area contributed by atoms with E-state index in [9.17, 15) is 0 Å². The van der Waals surface area contributed by atoms with E-state index in [4.69, 9.17) is 4.98 Å². The van der Waals surface area contributed by atoms with E-state index < -0.39 is 0 Å². The highest BCUT2D eigenvalue weighted by atomic mass is 35.5. The number of halogens is 2. The lowest BCUT2D eigenvalue weighted by atomic mass is 10.1. The number of imidazole rings is 2. The Morgan fingerprint density at radius 2 is 1.62 bits per heavy atom. The lowest BCUT2D eigenvalue weighted by Gasteiger charge is -2.18. The zero-order valence-corrected chi connectivity index (χ0v) is 19.0. The van der Waals surface area contributed by atoms with Gasteiger partial charge in [-0.05, 0) is 50.7 Å². The van der Waals surface area contributed by atoms with Gasteiger partial charge >= 0.3 is 0 Å². The Hall–Kier alpha value is -2.01. The number of aryl methyl sites for hydroxylation is 2. The number of para-hydroxylation sites is 2. The first-order valence-electron chi connectivity index (χ1n) is 9.97. The monoisotopic (exact) mass is 432 g/mol. The van der Waals surface area contributed by atoms with E-state index in [-0.39, 0.29) is 24.8 Å². The fourth-order valence-corrected chi connectivity index (χ4v) is 3.82. The van der Waals surface area contributed by atoms with Gasteiger partial charge in [0.25, 0.3) is 0 Å². The van der Waals surface area contributed by atoms with E-state index in [2.05, 4.69) is 89.4 Å². The van der Waals surface area contributed by atoms with Crippen molar-refractivity contribution in [1.82, 2.24) is 18.9 Å². The summed E-state index contributed by atoms with van der Waals surface area (Å²) >= 11 is 0. The topological polar surface area (TPSA) is 25.5 Å². The summed E-state index contributed by atoms with van der Waals surface area (Å²) in [5, 5.41) is 0. The lowest BCUT2D eigenvalue weighted by Crippen LogP contribution is -2.24. The fraction of sp³-hybridized carbons (Fsp3) is 0.348. The molecule has 2 heterocycles. The molecule has 29 heavy (non-hydrogen) atoms. The Labute approximate surface area is 185 Å². The first kappa shape index (κ1) is 23.3. The molecule has 0 unspecified atom stereocenters. The number of nitrogens with zero attached hydrogens (tertiary/aromatic N) is 4. The van der Waals surface area contributed by atoms with Gasteiger partial charge in [0.15, 0.2) is 0 Å². The highest BCUT2D eigenvalue weighted by molar-refractivity contribution is 5.85. The Bertz CT molecular complexity index is 1050. The fourth-order valence-electron chi connectivity index (χ4n) is 3.82. The van der Waals surface area contributed by atoms with Crippen LogP contribution in [0.1, 0.15) is 25.8 Å². The van der Waals surface area contributed by atoms with E-state index in [1.54, 1.807) is 0 Å². The van der Waals surface area contributed by atoms with Crippen molar-refractivity contribution in [2.75, 3.05) is 19.6 Å². The van der Waals surface area contributed by atoms with Gasteiger partial charge in [-0.25, -0.2) is 4.98 Å². The molecule has 0 spiro atoms. The van der Waals surface area contributed by atoms with Crippen LogP contribution >= 0.6 is 24.8 Å². The van der Waals surface area contributed by atoms with Crippen LogP contribution in [0.3, 0.4) is 0 Å². The van der Waals surface area contributed by atoms with Crippen LogP contribution in [0.5, 0.6) is 0 Å². The van der Waals surface area contributed by atoms with Crippen LogP contribution in [0.4, 0.5) is 0 Å². The minimum Gasteiger partial charge on any atom is -0.310 e. The summed E-state index contributed by atoms with van der Waals surface area (Å²) in [5.41, 5.74) is 6.00. The van der Waals surface area contributed by atoms with Crippen LogP contribution in [0.15, 0.2) is 54.7 Å². The molecule has 4 rings (SSSR count). The molecule has 0 aliphatic rings. The molecule has 0 fully saturated rings. The molecule has 0 bridgehead atoms. The molecule has 0 N–H and O–H groups in total. The van der Waals surface area contributed by atoms with Gasteiger partial charge in [-0.15, -0.1) is 24.8 Å². The second-order valence-electron chi connectivity index (χ2n) is 7.18. The molecule has 6 heteroatoms. The summed E-state index contributed by atoms with van der Waals surface area (Å²) in [5.74, 6) is 1.03. The molecule has 0 amide bonds. The van der Waals surface area contributed by atoms with Gasteiger partial charge in [-0.1, -0.05) is 55.8 Å². The number of benzene rings is 2. The molecule has 0 aliphatic heterocycles. The van der Waals surface area contributed by atoms with E-state index in [1.807, 2.05) is 0 Å². The molecule has 2 aromatic heterocycles. The zero-order chi connectivity index (χ0) is 18.8. The molecule has 0 aliphatic carbocycles. The quantitative estimate of drug-likeness (QED) is 0.366. The Morgan fingerprint density at radius 3 is 2.31 bits per heavy atom. The van der Waals surface area contributed by atoms with Crippen molar-refractivity contribution in [3.05, 3.63) is 60.3 Å². The van der Waals surface area contributed by atoms with E-state index in [0.717, 1.165) is 43.9 Å². The average molecular weight is 433 g/mol. The van der Waals surface area contributed by atoms with Gasteiger partial charge in [-0.3, -0.25) is 4.40 Å². The van der Waals surface area contributed by atoms with Gasteiger partial charge in [0.1, 0.15) is 0 Å². The third-order valence-electron chi connectivity index (χ3n) is 5.46. The summed E-state index contributed by atoms with van der Waals surface area (Å²) < 4.78 is 4.62. The molecule has 2 aromatic carbocycles. The molecule has 156 valence electrons. The van der Waals surface area contributed by atoms with Gasteiger partial charge in [0, 0.05) is 12.7 Å². The maximum absolute atomic E-state index is 4.93. The second-order valence-corrected chi connectivity index (χ2v) is 7.18. The summed E-state index contributed by atoms with van der Waals surface area (Å²) in [6.07, 6.45) is 3.36. The van der Waals surface area contributed by atoms with Gasteiger partial charge < -0.3 is 9.47 Å². The lowest BCUT2D eigenvalue weighted by molar-refractivity contribution is 0.294. The molecule has 4 nitrogen and oxygen atoms in total. The number of fused-ring (bicyclic) bond motifs is 3. The van der Waals surface area contributed by atoms with Crippen molar-refractivity contribution in [3.8, 4) is 11.3 Å². The number of hydrogen-bond acceptors (Lipinski definition) is 2. The maximum atomic E-state index is 4.93. The predicted octanol–water partition coefficient (Wildman–Crippen LogP) is 5.84. The second kappa shape index (κ2) is 10.1. The number of hydrogen-bond donors (Lipinski definition) is 0. The normalized spacial score (nSPS) is 11.0. The molecule has 0 saturated carbocycles. The van der Waals surface area contributed by atoms with Crippen LogP contribution < -0.4 is 0 Å². The van der Waals surface area contributed by atoms with Gasteiger partial charge in [0.2, 0.25) is 5.78 Å². The Balaban J connectivity index is 0.00000150. The largest absolute Gasteiger partial charge is 0.310 e. The van der Waals surface area contributed by atoms with Gasteiger partial charge in [0.05, 0.1) is 16.7 Å². The van der Waals surface area contributed by atoms with Crippen LogP contribution in [0, 0.1) is 6.92 Å². The van der Waals surface area contributed by atoms with Crippen LogP contribution in [-0.2, 0) is 6.54 Å². The molecular formula is C23H30Cl2N4. The van der Waals surface area contributed by atoms with Crippen LogP contribution in [0.25, 0.3) is 28.1 Å². The maximum Gasteiger partial charge on any atom is 0.215 e. The number of rotatable bonds is 7. The number of aromatic nitrogens is 3. The Kier molecular flexibility index (Phi) is 8.14. The molecule has 0 radical (unpaired) electrons. The van der Waals surface area contributed by atoms with Crippen molar-refractivity contribution in [3.63, 3.8) is 0 Å². The molecule has 0 atom stereocenters. The predicted molar refractivity (Wildman–Crippen MR) is 128 cm³/mol. The first-order valence-corrected chi connectivity index (χ1v) is 9.97. The minimum atomic E-state index is 0. The molecular weight excluding hydrogens is 403 g/mol. The summed E-state index contributed by atoms with van der Waals surface area (Å²) in [6.45, 7) is 10.9. The van der Waals surface area contributed by atoms with Gasteiger partial charge in [-0.2, -0.15) is 0 Å². The molecule has 0 saturated heterocycles. The van der Waals surface area contributed by atoms with E-state index in [1.165, 1.54) is 22.3 Å². The third-order valence-corrected chi connectivity index (χ3v) is 5.46. The molecule has 4 aromatic rings. The average Bonchev–Trinajstić information content (AvgIpc) is 3.22. The SMILES string of the molecule is CCN(CC)CCCn1c(-c2ccc(C)cc2)cn2c3ccccc3nc12.Cl.Cl. The highest BCUT2D eigenvalue weighted by Crippen LogP contribution is 2.27. The van der Waals surface area contributed by atoms with E-state index >= 15 is 0 Å². The van der Waals surface area contributed by atoms with Crippen molar-refractivity contribution in [2.45, 2.75) is 33.7 Å². The smallest absolute Gasteiger partial charge is 0.215 e.